The lowest BCUT2D eigenvalue weighted by Gasteiger charge is -2.09. The van der Waals surface area contributed by atoms with E-state index < -0.39 is 0 Å². The highest BCUT2D eigenvalue weighted by Crippen LogP contribution is 1.96. The van der Waals surface area contributed by atoms with E-state index in [0.717, 1.165) is 0 Å². The zero-order chi connectivity index (χ0) is 11.2. The van der Waals surface area contributed by atoms with E-state index in [1.807, 2.05) is 30.3 Å². The van der Waals surface area contributed by atoms with Gasteiger partial charge in [0.2, 0.25) is 0 Å². The summed E-state index contributed by atoms with van der Waals surface area (Å²) in [4.78, 5) is 0. The minimum absolute atomic E-state index is 0.531. The molecule has 6 heteroatoms. The smallest absolute Gasteiger partial charge is 0.186 e. The monoisotopic (exact) mass is 233 g/mol. The fraction of sp³-hybridized carbons (Fsp3) is 0.100. The first-order chi connectivity index (χ1) is 7.84. The molecule has 0 bridgehead atoms. The van der Waals surface area contributed by atoms with Crippen molar-refractivity contribution in [3.63, 3.8) is 0 Å². The van der Waals surface area contributed by atoms with Gasteiger partial charge in [-0.2, -0.15) is 0 Å². The van der Waals surface area contributed by atoms with Gasteiger partial charge < -0.3 is 5.32 Å². The van der Waals surface area contributed by atoms with Crippen LogP contribution in [0, 0.1) is 0 Å². The molecular formula is C10H11N5S. The Kier molecular flexibility index (Phi) is 3.45. The zero-order valence-electron chi connectivity index (χ0n) is 8.50. The molecule has 0 aliphatic carbocycles. The number of thiocarbonyl (C=S) groups is 1. The maximum atomic E-state index is 5.10. The van der Waals surface area contributed by atoms with Crippen LogP contribution in [0.15, 0.2) is 43.0 Å². The summed E-state index contributed by atoms with van der Waals surface area (Å²) in [6.45, 7) is 0.689. The molecule has 0 radical (unpaired) electrons. The second-order valence-electron chi connectivity index (χ2n) is 3.15. The minimum atomic E-state index is 0.531. The van der Waals surface area contributed by atoms with Crippen molar-refractivity contribution in [1.29, 1.82) is 0 Å². The molecule has 2 aromatic rings. The average Bonchev–Trinajstić information content (AvgIpc) is 2.81. The van der Waals surface area contributed by atoms with Crippen LogP contribution in [-0.4, -0.2) is 20.0 Å². The number of nitrogens with one attached hydrogen (secondary N) is 2. The van der Waals surface area contributed by atoms with E-state index in [1.165, 1.54) is 18.2 Å². The third-order valence-corrected chi connectivity index (χ3v) is 2.18. The molecule has 0 aliphatic heterocycles. The summed E-state index contributed by atoms with van der Waals surface area (Å²) in [7, 11) is 0. The van der Waals surface area contributed by atoms with Crippen LogP contribution in [0.1, 0.15) is 5.56 Å². The number of nitrogens with zero attached hydrogens (tertiary/aromatic N) is 3. The molecule has 1 aromatic carbocycles. The number of hydrogen-bond donors (Lipinski definition) is 2. The maximum Gasteiger partial charge on any atom is 0.186 e. The fourth-order valence-corrected chi connectivity index (χ4v) is 1.37. The fourth-order valence-electron chi connectivity index (χ4n) is 1.19. The van der Waals surface area contributed by atoms with Gasteiger partial charge in [-0.05, 0) is 17.8 Å². The lowest BCUT2D eigenvalue weighted by Crippen LogP contribution is -2.32. The largest absolute Gasteiger partial charge is 0.357 e. The Balaban J connectivity index is 1.80. The van der Waals surface area contributed by atoms with Crippen molar-refractivity contribution in [2.45, 2.75) is 6.54 Å². The Morgan fingerprint density at radius 1 is 1.19 bits per heavy atom. The molecule has 0 fully saturated rings. The highest BCUT2D eigenvalue weighted by Gasteiger charge is 1.96. The van der Waals surface area contributed by atoms with Gasteiger partial charge in [0.25, 0.3) is 0 Å². The van der Waals surface area contributed by atoms with E-state index in [1.54, 1.807) is 4.68 Å². The third kappa shape index (κ3) is 3.03. The molecule has 0 saturated carbocycles. The van der Waals surface area contributed by atoms with E-state index >= 15 is 0 Å². The van der Waals surface area contributed by atoms with Gasteiger partial charge >= 0.3 is 0 Å². The van der Waals surface area contributed by atoms with E-state index in [-0.39, 0.29) is 0 Å². The Bertz CT molecular complexity index is 439. The first kappa shape index (κ1) is 10.6. The standard InChI is InChI=1S/C10H11N5S/c16-10(14-15-7-12-13-8-15)11-6-9-4-2-1-3-5-9/h1-5,7-8H,6H2,(H2,11,14,16). The van der Waals surface area contributed by atoms with Crippen LogP contribution >= 0.6 is 12.2 Å². The molecule has 0 unspecified atom stereocenters. The first-order valence-electron chi connectivity index (χ1n) is 4.78. The van der Waals surface area contributed by atoms with Crippen LogP contribution in [-0.2, 0) is 6.54 Å². The second kappa shape index (κ2) is 5.22. The van der Waals surface area contributed by atoms with Crippen LogP contribution in [0.4, 0.5) is 0 Å². The van der Waals surface area contributed by atoms with Crippen LogP contribution in [0.5, 0.6) is 0 Å². The molecule has 5 nitrogen and oxygen atoms in total. The summed E-state index contributed by atoms with van der Waals surface area (Å²) in [6.07, 6.45) is 3.08. The summed E-state index contributed by atoms with van der Waals surface area (Å²) in [6, 6.07) is 10.0. The number of hydrogen-bond acceptors (Lipinski definition) is 3. The Labute approximate surface area is 98.5 Å². The van der Waals surface area contributed by atoms with Crippen molar-refractivity contribution in [2.24, 2.45) is 0 Å². The summed E-state index contributed by atoms with van der Waals surface area (Å²) in [5, 5.41) is 10.9. The van der Waals surface area contributed by atoms with Crippen molar-refractivity contribution in [3.05, 3.63) is 48.5 Å². The number of benzene rings is 1. The average molecular weight is 233 g/mol. The normalized spacial score (nSPS) is 9.75. The zero-order valence-corrected chi connectivity index (χ0v) is 9.31. The van der Waals surface area contributed by atoms with Gasteiger partial charge in [-0.15, -0.1) is 10.2 Å². The predicted molar refractivity (Wildman–Crippen MR) is 65.3 cm³/mol. The van der Waals surface area contributed by atoms with Crippen molar-refractivity contribution < 1.29 is 0 Å². The van der Waals surface area contributed by atoms with Crippen LogP contribution in [0.2, 0.25) is 0 Å². The van der Waals surface area contributed by atoms with Crippen molar-refractivity contribution in [1.82, 2.24) is 20.2 Å². The summed E-state index contributed by atoms with van der Waals surface area (Å²) in [5.41, 5.74) is 4.08. The van der Waals surface area contributed by atoms with E-state index in [0.29, 0.717) is 11.7 Å². The minimum Gasteiger partial charge on any atom is -0.357 e. The topological polar surface area (TPSA) is 54.8 Å². The van der Waals surface area contributed by atoms with Gasteiger partial charge in [-0.3, -0.25) is 5.43 Å². The van der Waals surface area contributed by atoms with Gasteiger partial charge in [0.05, 0.1) is 0 Å². The van der Waals surface area contributed by atoms with E-state index in [4.69, 9.17) is 12.2 Å². The van der Waals surface area contributed by atoms with E-state index in [2.05, 4.69) is 20.9 Å². The third-order valence-electron chi connectivity index (χ3n) is 1.95. The van der Waals surface area contributed by atoms with Crippen LogP contribution < -0.4 is 10.7 Å². The lowest BCUT2D eigenvalue weighted by atomic mass is 10.2. The maximum absolute atomic E-state index is 5.10. The lowest BCUT2D eigenvalue weighted by molar-refractivity contribution is 0.884. The summed E-state index contributed by atoms with van der Waals surface area (Å²) >= 11 is 5.10. The molecule has 0 spiro atoms. The molecule has 16 heavy (non-hydrogen) atoms. The molecule has 2 N–H and O–H groups in total. The quantitative estimate of drug-likeness (QED) is 0.771. The first-order valence-corrected chi connectivity index (χ1v) is 5.19. The molecule has 0 saturated heterocycles. The molecule has 1 aromatic heterocycles. The van der Waals surface area contributed by atoms with Gasteiger partial charge in [-0.1, -0.05) is 30.3 Å². The molecule has 0 aliphatic rings. The predicted octanol–water partition coefficient (Wildman–Crippen LogP) is 0.896. The SMILES string of the molecule is S=C(NCc1ccccc1)Nn1cnnc1. The number of rotatable bonds is 3. The second-order valence-corrected chi connectivity index (χ2v) is 3.56. The molecule has 1 heterocycles. The van der Waals surface area contributed by atoms with Gasteiger partial charge in [-0.25, -0.2) is 4.68 Å². The van der Waals surface area contributed by atoms with Crippen LogP contribution in [0.25, 0.3) is 0 Å². The highest BCUT2D eigenvalue weighted by molar-refractivity contribution is 7.80. The molecule has 82 valence electrons. The Hall–Kier alpha value is -1.95. The Morgan fingerprint density at radius 3 is 2.56 bits per heavy atom. The molecular weight excluding hydrogens is 222 g/mol. The highest BCUT2D eigenvalue weighted by atomic mass is 32.1. The van der Waals surface area contributed by atoms with Crippen molar-refractivity contribution in [3.8, 4) is 0 Å². The molecule has 2 rings (SSSR count). The van der Waals surface area contributed by atoms with Gasteiger partial charge in [0.1, 0.15) is 12.7 Å². The van der Waals surface area contributed by atoms with Crippen LogP contribution in [0.3, 0.4) is 0 Å². The van der Waals surface area contributed by atoms with Crippen molar-refractivity contribution >= 4 is 17.3 Å². The van der Waals surface area contributed by atoms with Gasteiger partial charge in [0.15, 0.2) is 5.11 Å². The summed E-state index contributed by atoms with van der Waals surface area (Å²) in [5.74, 6) is 0. The summed E-state index contributed by atoms with van der Waals surface area (Å²) < 4.78 is 1.58. The van der Waals surface area contributed by atoms with Crippen molar-refractivity contribution in [2.75, 3.05) is 5.43 Å². The van der Waals surface area contributed by atoms with E-state index in [9.17, 15) is 0 Å². The molecule has 0 atom stereocenters. The molecule has 0 amide bonds. The Morgan fingerprint density at radius 2 is 1.88 bits per heavy atom. The van der Waals surface area contributed by atoms with Gasteiger partial charge in [0, 0.05) is 6.54 Å². The number of aromatic nitrogens is 3.